The first-order valence-electron chi connectivity index (χ1n) is 15.6. The van der Waals surface area contributed by atoms with Gasteiger partial charge in [-0.2, -0.15) is 0 Å². The molecule has 0 saturated carbocycles. The molecule has 237 valence electrons. The van der Waals surface area contributed by atoms with Gasteiger partial charge in [-0.3, -0.25) is 9.78 Å². The zero-order valence-corrected chi connectivity index (χ0v) is 30.7. The average molecular weight is 769 g/mol. The fraction of sp³-hybridized carbons (Fsp3) is 0.400. The number of rotatable bonds is 9. The van der Waals surface area contributed by atoms with Gasteiger partial charge in [0.1, 0.15) is 5.76 Å². The Hall–Kier alpha value is -3.07. The minimum absolute atomic E-state index is 0. The summed E-state index contributed by atoms with van der Waals surface area (Å²) in [7, 11) is 0. The number of benzene rings is 3. The summed E-state index contributed by atoms with van der Waals surface area (Å²) in [6, 6.07) is 27.3. The molecule has 4 heteroatoms. The maximum absolute atomic E-state index is 11.8. The third-order valence-corrected chi connectivity index (χ3v) is 8.45. The Bertz CT molecular complexity index is 1560. The monoisotopic (exact) mass is 769 g/mol. The quantitative estimate of drug-likeness (QED) is 0.105. The SMILES string of the molecule is CCC(C)(C)C(=O)/C=C(\O)C(C)(C)CC.Cc1[c-]c(-c2cc(CC(C)C)c3cc(-c4ccccc4)ccc3n2)cc(C)c1.[Ir]. The molecule has 1 heterocycles. The van der Waals surface area contributed by atoms with Crippen LogP contribution in [-0.4, -0.2) is 15.9 Å². The van der Waals surface area contributed by atoms with Crippen LogP contribution in [-0.2, 0) is 31.3 Å². The number of carbonyl (C=O) groups is 1. The van der Waals surface area contributed by atoms with Crippen molar-refractivity contribution in [2.45, 2.75) is 88.5 Å². The van der Waals surface area contributed by atoms with E-state index in [0.717, 1.165) is 41.6 Å². The van der Waals surface area contributed by atoms with E-state index in [1.807, 2.05) is 41.5 Å². The van der Waals surface area contributed by atoms with E-state index in [9.17, 15) is 9.90 Å². The van der Waals surface area contributed by atoms with Gasteiger partial charge in [-0.05, 0) is 59.7 Å². The van der Waals surface area contributed by atoms with Crippen molar-refractivity contribution in [2.75, 3.05) is 0 Å². The molecule has 1 N–H and O–H groups in total. The van der Waals surface area contributed by atoms with Crippen LogP contribution >= 0.6 is 0 Å². The maximum atomic E-state index is 11.8. The smallest absolute Gasteiger partial charge is 0.164 e. The number of aliphatic hydroxyl groups is 1. The molecule has 0 bridgehead atoms. The Morgan fingerprint density at radius 3 is 2.09 bits per heavy atom. The number of hydrogen-bond donors (Lipinski definition) is 1. The van der Waals surface area contributed by atoms with Gasteiger partial charge in [0.2, 0.25) is 0 Å². The van der Waals surface area contributed by atoms with E-state index in [1.54, 1.807) is 0 Å². The molecule has 44 heavy (non-hydrogen) atoms. The Morgan fingerprint density at radius 1 is 0.886 bits per heavy atom. The van der Waals surface area contributed by atoms with Gasteiger partial charge in [0.25, 0.3) is 0 Å². The van der Waals surface area contributed by atoms with Gasteiger partial charge >= 0.3 is 0 Å². The zero-order chi connectivity index (χ0) is 31.9. The predicted molar refractivity (Wildman–Crippen MR) is 183 cm³/mol. The molecule has 1 aromatic heterocycles. The number of aryl methyl sites for hydroxylation is 2. The van der Waals surface area contributed by atoms with Gasteiger partial charge in [0.15, 0.2) is 5.78 Å². The van der Waals surface area contributed by atoms with Crippen LogP contribution in [0.5, 0.6) is 0 Å². The van der Waals surface area contributed by atoms with Gasteiger partial charge in [-0.15, -0.1) is 34.9 Å². The first-order chi connectivity index (χ1) is 20.2. The molecule has 4 rings (SSSR count). The van der Waals surface area contributed by atoms with Crippen molar-refractivity contribution >= 4 is 16.7 Å². The Labute approximate surface area is 279 Å². The normalized spacial score (nSPS) is 12.0. The number of carbonyl (C=O) groups excluding carboxylic acids is 1. The van der Waals surface area contributed by atoms with E-state index in [2.05, 4.69) is 100 Å². The summed E-state index contributed by atoms with van der Waals surface area (Å²) in [5.74, 6) is 0.780. The van der Waals surface area contributed by atoms with Crippen LogP contribution in [0, 0.1) is 36.7 Å². The Kier molecular flexibility index (Phi) is 13.3. The topological polar surface area (TPSA) is 50.2 Å². The van der Waals surface area contributed by atoms with Crippen LogP contribution in [0.4, 0.5) is 0 Å². The van der Waals surface area contributed by atoms with Gasteiger partial charge < -0.3 is 5.11 Å². The number of allylic oxidation sites excluding steroid dienone is 2. The summed E-state index contributed by atoms with van der Waals surface area (Å²) in [5, 5.41) is 11.1. The summed E-state index contributed by atoms with van der Waals surface area (Å²) in [6.45, 7) is 20.4. The molecule has 1 radical (unpaired) electrons. The summed E-state index contributed by atoms with van der Waals surface area (Å²) < 4.78 is 0. The van der Waals surface area contributed by atoms with Crippen LogP contribution in [0.3, 0.4) is 0 Å². The Morgan fingerprint density at radius 2 is 1.52 bits per heavy atom. The second kappa shape index (κ2) is 15.8. The van der Waals surface area contributed by atoms with Crippen molar-refractivity contribution in [3.8, 4) is 22.4 Å². The van der Waals surface area contributed by atoms with Crippen molar-refractivity contribution < 1.29 is 30.0 Å². The predicted octanol–water partition coefficient (Wildman–Crippen LogP) is 11.1. The number of pyridine rings is 1. The van der Waals surface area contributed by atoms with Crippen molar-refractivity contribution in [3.63, 3.8) is 0 Å². The minimum Gasteiger partial charge on any atom is -0.512 e. The minimum atomic E-state index is -0.377. The van der Waals surface area contributed by atoms with E-state index in [1.165, 1.54) is 33.7 Å². The molecule has 0 amide bonds. The van der Waals surface area contributed by atoms with Crippen molar-refractivity contribution in [3.05, 3.63) is 101 Å². The molecule has 0 spiro atoms. The molecule has 0 saturated heterocycles. The third kappa shape index (κ3) is 9.71. The van der Waals surface area contributed by atoms with Crippen LogP contribution in [0.25, 0.3) is 33.3 Å². The number of aromatic nitrogens is 1. The summed E-state index contributed by atoms with van der Waals surface area (Å²) >= 11 is 0. The van der Waals surface area contributed by atoms with Gasteiger partial charge in [0, 0.05) is 42.4 Å². The fourth-order valence-corrected chi connectivity index (χ4v) is 4.76. The van der Waals surface area contributed by atoms with Gasteiger partial charge in [0.05, 0.1) is 5.52 Å². The Balaban J connectivity index is 0.000000363. The summed E-state index contributed by atoms with van der Waals surface area (Å²) in [4.78, 5) is 16.8. The molecular formula is C40H50IrNO2-. The molecule has 0 fully saturated rings. The molecule has 3 aromatic carbocycles. The van der Waals surface area contributed by atoms with Gasteiger partial charge in [-0.25, -0.2) is 0 Å². The second-order valence-corrected chi connectivity index (χ2v) is 13.5. The first-order valence-corrected chi connectivity index (χ1v) is 15.6. The van der Waals surface area contributed by atoms with Crippen molar-refractivity contribution in [1.29, 1.82) is 0 Å². The van der Waals surface area contributed by atoms with Gasteiger partial charge in [-0.1, -0.05) is 112 Å². The van der Waals surface area contributed by atoms with Crippen LogP contribution in [0.1, 0.15) is 84.9 Å². The molecule has 0 aliphatic carbocycles. The number of nitrogens with zero attached hydrogens (tertiary/aromatic N) is 1. The number of aliphatic hydroxyl groups excluding tert-OH is 1. The van der Waals surface area contributed by atoms with E-state index in [4.69, 9.17) is 4.98 Å². The standard InChI is InChI=1S/C27H26N.C13H24O2.Ir/c1-18(2)12-23-17-27(24-14-19(3)13-20(4)15-24)28-26-11-10-22(16-25(23)26)21-8-6-5-7-9-21;1-7-12(3,4)10(14)9-11(15)13(5,6)8-2;/h5-11,13-14,16-18H,12H2,1-4H3;9,14H,7-8H2,1-6H3;/q-1;;/b;10-9-;. The zero-order valence-electron chi connectivity index (χ0n) is 28.3. The van der Waals surface area contributed by atoms with E-state index < -0.39 is 0 Å². The molecule has 3 nitrogen and oxygen atoms in total. The van der Waals surface area contributed by atoms with Crippen LogP contribution in [0.2, 0.25) is 0 Å². The molecular weight excluding hydrogens is 719 g/mol. The van der Waals surface area contributed by atoms with E-state index >= 15 is 0 Å². The maximum Gasteiger partial charge on any atom is 0.164 e. The molecule has 0 atom stereocenters. The third-order valence-electron chi connectivity index (χ3n) is 8.45. The molecule has 0 unspecified atom stereocenters. The summed E-state index contributed by atoms with van der Waals surface area (Å²) in [5.41, 5.74) is 8.72. The first kappa shape index (κ1) is 37.1. The largest absolute Gasteiger partial charge is 0.512 e. The number of fused-ring (bicyclic) bond motifs is 1. The average Bonchev–Trinajstić information content (AvgIpc) is 2.96. The number of ketones is 1. The van der Waals surface area contributed by atoms with Crippen molar-refractivity contribution in [1.82, 2.24) is 4.98 Å². The van der Waals surface area contributed by atoms with Crippen LogP contribution < -0.4 is 0 Å². The molecule has 4 aromatic rings. The number of hydrogen-bond acceptors (Lipinski definition) is 3. The van der Waals surface area contributed by atoms with Crippen LogP contribution in [0.15, 0.2) is 78.6 Å². The fourth-order valence-electron chi connectivity index (χ4n) is 4.76. The van der Waals surface area contributed by atoms with E-state index in [-0.39, 0.29) is 42.5 Å². The molecule has 0 aliphatic rings. The van der Waals surface area contributed by atoms with E-state index in [0.29, 0.717) is 5.92 Å². The second-order valence-electron chi connectivity index (χ2n) is 13.5. The van der Waals surface area contributed by atoms with Crippen molar-refractivity contribution in [2.24, 2.45) is 16.7 Å². The molecule has 0 aliphatic heterocycles. The summed E-state index contributed by atoms with van der Waals surface area (Å²) in [6.07, 6.45) is 4.03.